The monoisotopic (exact) mass is 222 g/mol. The van der Waals surface area contributed by atoms with Crippen LogP contribution in [0.15, 0.2) is 24.3 Å². The molecule has 0 aromatic heterocycles. The van der Waals surface area contributed by atoms with Crippen molar-refractivity contribution in [1.29, 1.82) is 0 Å². The largest absolute Gasteiger partial charge is 0.287 e. The van der Waals surface area contributed by atoms with Gasteiger partial charge in [0.05, 0.1) is 0 Å². The Balaban J connectivity index is 2.67. The van der Waals surface area contributed by atoms with Gasteiger partial charge in [-0.15, -0.1) is 0 Å². The van der Waals surface area contributed by atoms with E-state index < -0.39 is 0 Å². The van der Waals surface area contributed by atoms with Gasteiger partial charge in [-0.05, 0) is 17.5 Å². The summed E-state index contributed by atoms with van der Waals surface area (Å²) in [6.45, 7) is 6.22. The topological polar surface area (TPSA) is 17.1 Å². The van der Waals surface area contributed by atoms with Crippen LogP contribution in [-0.4, -0.2) is 10.4 Å². The molecular weight excluding hydrogens is 204 g/mol. The van der Waals surface area contributed by atoms with Crippen molar-refractivity contribution in [2.24, 2.45) is 0 Å². The van der Waals surface area contributed by atoms with Gasteiger partial charge in [-0.25, -0.2) is 0 Å². The van der Waals surface area contributed by atoms with E-state index in [1.165, 1.54) is 22.9 Å². The third kappa shape index (κ3) is 4.08. The van der Waals surface area contributed by atoms with Crippen molar-refractivity contribution in [2.75, 3.05) is 0 Å². The Morgan fingerprint density at radius 2 is 1.87 bits per heavy atom. The average molecular weight is 222 g/mol. The second-order valence-electron chi connectivity index (χ2n) is 3.84. The fourth-order valence-corrected chi connectivity index (χ4v) is 2.30. The van der Waals surface area contributed by atoms with Crippen LogP contribution in [0.4, 0.5) is 0 Å². The van der Waals surface area contributed by atoms with Gasteiger partial charge in [0.15, 0.2) is 5.12 Å². The smallest absolute Gasteiger partial charge is 0.193 e. The zero-order valence-corrected chi connectivity index (χ0v) is 10.4. The maximum atomic E-state index is 11.7. The Bertz CT molecular complexity index is 331. The lowest BCUT2D eigenvalue weighted by Gasteiger charge is -2.07. The highest BCUT2D eigenvalue weighted by Gasteiger charge is 2.08. The van der Waals surface area contributed by atoms with E-state index >= 15 is 0 Å². The van der Waals surface area contributed by atoms with Crippen LogP contribution in [0.2, 0.25) is 0 Å². The molecule has 1 aromatic rings. The van der Waals surface area contributed by atoms with E-state index in [-0.39, 0.29) is 5.12 Å². The molecule has 0 saturated heterocycles. The van der Waals surface area contributed by atoms with Crippen molar-refractivity contribution in [1.82, 2.24) is 0 Å². The summed E-state index contributed by atoms with van der Waals surface area (Å²) in [5.74, 6) is 0. The highest BCUT2D eigenvalue weighted by molar-refractivity contribution is 8.14. The molecule has 0 heterocycles. The molecule has 1 aromatic carbocycles. The summed E-state index contributed by atoms with van der Waals surface area (Å²) >= 11 is 1.43. The first kappa shape index (κ1) is 12.3. The molecule has 15 heavy (non-hydrogen) atoms. The third-order valence-electron chi connectivity index (χ3n) is 2.20. The number of hydrogen-bond acceptors (Lipinski definition) is 2. The van der Waals surface area contributed by atoms with E-state index in [0.29, 0.717) is 11.7 Å². The molecule has 0 aliphatic heterocycles. The summed E-state index contributed by atoms with van der Waals surface area (Å²) in [7, 11) is 0. The number of thioether (sulfide) groups is 1. The van der Waals surface area contributed by atoms with Gasteiger partial charge in [0, 0.05) is 11.7 Å². The quantitative estimate of drug-likeness (QED) is 0.776. The first-order valence-corrected chi connectivity index (χ1v) is 6.27. The van der Waals surface area contributed by atoms with Gasteiger partial charge in [0.25, 0.3) is 0 Å². The Labute approximate surface area is 96.3 Å². The fraction of sp³-hybridized carbons (Fsp3) is 0.462. The Hall–Kier alpha value is -0.760. The van der Waals surface area contributed by atoms with Crippen LogP contribution >= 0.6 is 11.8 Å². The van der Waals surface area contributed by atoms with Gasteiger partial charge in [0.2, 0.25) is 0 Å². The number of aryl methyl sites for hydroxylation is 1. The maximum Gasteiger partial charge on any atom is 0.193 e. The van der Waals surface area contributed by atoms with Gasteiger partial charge < -0.3 is 0 Å². The van der Waals surface area contributed by atoms with Crippen LogP contribution in [-0.2, 0) is 17.6 Å². The van der Waals surface area contributed by atoms with Crippen LogP contribution in [0.25, 0.3) is 0 Å². The Morgan fingerprint density at radius 1 is 1.27 bits per heavy atom. The van der Waals surface area contributed by atoms with E-state index in [0.717, 1.165) is 6.42 Å². The minimum atomic E-state index is 0.269. The van der Waals surface area contributed by atoms with Gasteiger partial charge in [-0.3, -0.25) is 4.79 Å². The first-order valence-electron chi connectivity index (χ1n) is 5.39. The van der Waals surface area contributed by atoms with Crippen LogP contribution in [0.3, 0.4) is 0 Å². The molecule has 2 heteroatoms. The minimum Gasteiger partial charge on any atom is -0.287 e. The molecule has 0 N–H and O–H groups in total. The summed E-state index contributed by atoms with van der Waals surface area (Å²) in [5.41, 5.74) is 2.47. The van der Waals surface area contributed by atoms with Gasteiger partial charge in [0.1, 0.15) is 0 Å². The second kappa shape index (κ2) is 5.96. The normalized spacial score (nSPS) is 10.7. The Kier molecular flexibility index (Phi) is 4.89. The van der Waals surface area contributed by atoms with Crippen molar-refractivity contribution >= 4 is 16.9 Å². The van der Waals surface area contributed by atoms with Gasteiger partial charge in [-0.1, -0.05) is 56.8 Å². The van der Waals surface area contributed by atoms with Gasteiger partial charge in [-0.2, -0.15) is 0 Å². The molecule has 0 saturated carbocycles. The summed E-state index contributed by atoms with van der Waals surface area (Å²) in [6.07, 6.45) is 1.56. The molecule has 0 spiro atoms. The van der Waals surface area contributed by atoms with Crippen molar-refractivity contribution in [2.45, 2.75) is 38.9 Å². The van der Waals surface area contributed by atoms with Crippen molar-refractivity contribution < 1.29 is 4.79 Å². The zero-order chi connectivity index (χ0) is 11.3. The molecule has 0 aliphatic rings. The van der Waals surface area contributed by atoms with Crippen LogP contribution in [0.1, 0.15) is 31.9 Å². The van der Waals surface area contributed by atoms with Crippen molar-refractivity contribution in [3.8, 4) is 0 Å². The predicted octanol–water partition coefficient (Wildman–Crippen LogP) is 3.46. The molecule has 1 rings (SSSR count). The van der Waals surface area contributed by atoms with Crippen LogP contribution < -0.4 is 0 Å². The van der Waals surface area contributed by atoms with Crippen LogP contribution in [0.5, 0.6) is 0 Å². The molecule has 0 atom stereocenters. The molecule has 1 nitrogen and oxygen atoms in total. The highest BCUT2D eigenvalue weighted by atomic mass is 32.2. The lowest BCUT2D eigenvalue weighted by molar-refractivity contribution is -0.110. The molecule has 0 radical (unpaired) electrons. The minimum absolute atomic E-state index is 0.269. The lowest BCUT2D eigenvalue weighted by atomic mass is 10.0. The molecule has 0 unspecified atom stereocenters. The molecule has 0 bridgehead atoms. The van der Waals surface area contributed by atoms with E-state index in [1.54, 1.807) is 0 Å². The summed E-state index contributed by atoms with van der Waals surface area (Å²) in [6, 6.07) is 8.19. The van der Waals surface area contributed by atoms with E-state index in [2.05, 4.69) is 19.1 Å². The summed E-state index contributed by atoms with van der Waals surface area (Å²) < 4.78 is 0. The van der Waals surface area contributed by atoms with E-state index in [4.69, 9.17) is 0 Å². The number of rotatable bonds is 4. The molecule has 0 amide bonds. The second-order valence-corrected chi connectivity index (χ2v) is 5.47. The molecule has 0 aliphatic carbocycles. The number of carbonyl (C=O) groups excluding carboxylic acids is 1. The number of benzene rings is 1. The van der Waals surface area contributed by atoms with Gasteiger partial charge >= 0.3 is 0 Å². The molecule has 0 fully saturated rings. The fourth-order valence-electron chi connectivity index (χ4n) is 1.53. The van der Waals surface area contributed by atoms with Crippen LogP contribution in [0, 0.1) is 0 Å². The van der Waals surface area contributed by atoms with E-state index in [9.17, 15) is 4.79 Å². The van der Waals surface area contributed by atoms with Crippen molar-refractivity contribution in [3.05, 3.63) is 35.4 Å². The van der Waals surface area contributed by atoms with E-state index in [1.807, 2.05) is 26.0 Å². The molecular formula is C13H18OS. The Morgan fingerprint density at radius 3 is 2.40 bits per heavy atom. The van der Waals surface area contributed by atoms with Crippen molar-refractivity contribution in [3.63, 3.8) is 0 Å². The number of carbonyl (C=O) groups is 1. The highest BCUT2D eigenvalue weighted by Crippen LogP contribution is 2.17. The first-order chi connectivity index (χ1) is 7.13. The lowest BCUT2D eigenvalue weighted by Crippen LogP contribution is -2.04. The zero-order valence-electron chi connectivity index (χ0n) is 9.62. The predicted molar refractivity (Wildman–Crippen MR) is 67.3 cm³/mol. The standard InChI is InChI=1S/C13H18OS/c1-4-11-7-5-6-8-12(11)9-13(14)15-10(2)3/h5-8,10H,4,9H2,1-3H3. The average Bonchev–Trinajstić information content (AvgIpc) is 2.17. The molecule has 82 valence electrons. The summed E-state index contributed by atoms with van der Waals surface area (Å²) in [4.78, 5) is 11.7. The maximum absolute atomic E-state index is 11.7. The SMILES string of the molecule is CCc1ccccc1CC(=O)SC(C)C. The number of hydrogen-bond donors (Lipinski definition) is 0. The third-order valence-corrected chi connectivity index (χ3v) is 3.08. The summed E-state index contributed by atoms with van der Waals surface area (Å²) in [5, 5.41) is 0.650.